The van der Waals surface area contributed by atoms with Crippen LogP contribution in [0.1, 0.15) is 12.6 Å². The van der Waals surface area contributed by atoms with E-state index in [1.165, 1.54) is 17.2 Å². The van der Waals surface area contributed by atoms with Crippen molar-refractivity contribution >= 4 is 23.2 Å². The van der Waals surface area contributed by atoms with Crippen molar-refractivity contribution in [2.45, 2.75) is 31.0 Å². The van der Waals surface area contributed by atoms with Crippen LogP contribution in [0.5, 0.6) is 0 Å². The van der Waals surface area contributed by atoms with Crippen molar-refractivity contribution in [3.8, 4) is 0 Å². The predicted molar refractivity (Wildman–Crippen MR) is 88.3 cm³/mol. The molecular weight excluding hydrogens is 326 g/mol. The average Bonchev–Trinajstić information content (AvgIpc) is 3.34. The summed E-state index contributed by atoms with van der Waals surface area (Å²) >= 11 is 0. The van der Waals surface area contributed by atoms with Gasteiger partial charge in [0.05, 0.1) is 12.9 Å². The molecule has 0 bridgehead atoms. The molecule has 0 aromatic carbocycles. The maximum absolute atomic E-state index is 10.2. The number of hydrogen-bond donors (Lipinski definition) is 3. The summed E-state index contributed by atoms with van der Waals surface area (Å²) in [4.78, 5) is 17.0. The molecule has 2 aromatic rings. The number of aromatic nitrogens is 4. The maximum atomic E-state index is 10.2. The first kappa shape index (κ1) is 16.0. The number of aliphatic hydroxyl groups excluding tert-OH is 3. The molecule has 0 amide bonds. The van der Waals surface area contributed by atoms with Gasteiger partial charge in [-0.3, -0.25) is 4.57 Å². The van der Waals surface area contributed by atoms with E-state index < -0.39 is 31.1 Å². The van der Waals surface area contributed by atoms with Gasteiger partial charge in [0.1, 0.15) is 24.6 Å². The Hall–Kier alpha value is -2.46. The summed E-state index contributed by atoms with van der Waals surface area (Å²) in [5.41, 5.74) is 1.95. The molecule has 9 nitrogen and oxygen atoms in total. The van der Waals surface area contributed by atoms with Gasteiger partial charge < -0.3 is 20.1 Å². The molecule has 25 heavy (non-hydrogen) atoms. The normalized spacial score (nSPS) is 29.2. The second-order valence-electron chi connectivity index (χ2n) is 5.88. The summed E-state index contributed by atoms with van der Waals surface area (Å²) in [6.45, 7) is -0.394. The van der Waals surface area contributed by atoms with E-state index in [2.05, 4.69) is 19.9 Å². The molecule has 0 radical (unpaired) electrons. The third kappa shape index (κ3) is 2.76. The number of aliphatic hydroxyl groups is 3. The molecule has 4 atom stereocenters. The summed E-state index contributed by atoms with van der Waals surface area (Å²) in [6, 6.07) is 0. The molecule has 2 aromatic heterocycles. The van der Waals surface area contributed by atoms with E-state index in [0.29, 0.717) is 17.0 Å². The van der Waals surface area contributed by atoms with Gasteiger partial charge in [-0.15, -0.1) is 0 Å². The molecule has 0 spiro atoms. The molecule has 1 unspecified atom stereocenters. The standard InChI is InChI=1S/C16H17N5O4/c22-6-10-12(23)13(24)16(25-10)21-8-20-11-14(18-7-19-15(11)21)17-5-9-3-1-2-4-9/h1-3,5,7-8,10,12-13,16,22-24H,4,6H2/b17-5-/t10-,12?,13+,16-/m1/s1. The van der Waals surface area contributed by atoms with Gasteiger partial charge in [-0.05, 0) is 12.0 Å². The Morgan fingerprint density at radius 1 is 1.28 bits per heavy atom. The lowest BCUT2D eigenvalue weighted by Gasteiger charge is -2.16. The van der Waals surface area contributed by atoms with Gasteiger partial charge in [-0.1, -0.05) is 18.2 Å². The quantitative estimate of drug-likeness (QED) is 0.668. The van der Waals surface area contributed by atoms with E-state index in [9.17, 15) is 15.3 Å². The van der Waals surface area contributed by atoms with E-state index in [1.807, 2.05) is 18.2 Å². The second-order valence-corrected chi connectivity index (χ2v) is 5.88. The Balaban J connectivity index is 1.67. The van der Waals surface area contributed by atoms with E-state index >= 15 is 0 Å². The minimum absolute atomic E-state index is 0.394. The van der Waals surface area contributed by atoms with Crippen molar-refractivity contribution in [1.82, 2.24) is 19.5 Å². The summed E-state index contributed by atoms with van der Waals surface area (Å²) in [6.07, 6.45) is 7.19. The number of nitrogens with zero attached hydrogens (tertiary/aromatic N) is 5. The SMILES string of the molecule is OC[C@H]1O[C@@H](n2cnc3c(/N=C\C4=CC=CC4)ncnc32)[C@@H](O)C1O. The highest BCUT2D eigenvalue weighted by molar-refractivity contribution is 5.88. The molecule has 0 saturated carbocycles. The Labute approximate surface area is 142 Å². The van der Waals surface area contributed by atoms with E-state index in [1.54, 1.807) is 6.21 Å². The Morgan fingerprint density at radius 3 is 2.88 bits per heavy atom. The molecule has 1 saturated heterocycles. The summed E-state index contributed by atoms with van der Waals surface area (Å²) in [5, 5.41) is 29.3. The minimum atomic E-state index is -1.20. The molecule has 3 N–H and O–H groups in total. The first-order valence-electron chi connectivity index (χ1n) is 7.89. The van der Waals surface area contributed by atoms with E-state index in [0.717, 1.165) is 12.0 Å². The van der Waals surface area contributed by atoms with Crippen molar-refractivity contribution in [2.24, 2.45) is 4.99 Å². The van der Waals surface area contributed by atoms with Crippen molar-refractivity contribution in [1.29, 1.82) is 0 Å². The van der Waals surface area contributed by atoms with Crippen molar-refractivity contribution in [3.05, 3.63) is 36.5 Å². The van der Waals surface area contributed by atoms with Gasteiger partial charge in [0, 0.05) is 6.21 Å². The Bertz CT molecular complexity index is 875. The van der Waals surface area contributed by atoms with E-state index in [4.69, 9.17) is 4.74 Å². The largest absolute Gasteiger partial charge is 0.394 e. The lowest BCUT2D eigenvalue weighted by Crippen LogP contribution is -2.33. The molecule has 2 aliphatic rings. The molecule has 1 aliphatic heterocycles. The Kier molecular flexibility index (Phi) is 4.14. The van der Waals surface area contributed by atoms with Gasteiger partial charge in [-0.25, -0.2) is 19.9 Å². The van der Waals surface area contributed by atoms with Crippen LogP contribution in [0, 0.1) is 0 Å². The zero-order chi connectivity index (χ0) is 17.4. The van der Waals surface area contributed by atoms with Crippen LogP contribution in [-0.2, 0) is 4.74 Å². The minimum Gasteiger partial charge on any atom is -0.394 e. The zero-order valence-corrected chi connectivity index (χ0v) is 13.2. The molecule has 1 aliphatic carbocycles. The van der Waals surface area contributed by atoms with Crippen LogP contribution in [0.3, 0.4) is 0 Å². The molecule has 130 valence electrons. The predicted octanol–water partition coefficient (Wildman–Crippen LogP) is 0.0264. The fourth-order valence-corrected chi connectivity index (χ4v) is 2.93. The van der Waals surface area contributed by atoms with Crippen LogP contribution < -0.4 is 0 Å². The molecule has 1 fully saturated rings. The first-order chi connectivity index (χ1) is 12.2. The summed E-state index contributed by atoms with van der Waals surface area (Å²) in [7, 11) is 0. The van der Waals surface area contributed by atoms with Gasteiger partial charge in [-0.2, -0.15) is 0 Å². The van der Waals surface area contributed by atoms with Crippen LogP contribution in [0.4, 0.5) is 5.82 Å². The van der Waals surface area contributed by atoms with Crippen LogP contribution in [0.2, 0.25) is 0 Å². The third-order valence-electron chi connectivity index (χ3n) is 4.28. The van der Waals surface area contributed by atoms with E-state index in [-0.39, 0.29) is 0 Å². The average molecular weight is 343 g/mol. The first-order valence-corrected chi connectivity index (χ1v) is 7.89. The smallest absolute Gasteiger partial charge is 0.183 e. The number of imidazole rings is 1. The van der Waals surface area contributed by atoms with Crippen molar-refractivity contribution < 1.29 is 20.1 Å². The third-order valence-corrected chi connectivity index (χ3v) is 4.28. The number of aliphatic imine (C=N–C) groups is 1. The summed E-state index contributed by atoms with van der Waals surface area (Å²) < 4.78 is 7.04. The number of ether oxygens (including phenoxy) is 1. The number of hydrogen-bond acceptors (Lipinski definition) is 8. The lowest BCUT2D eigenvalue weighted by molar-refractivity contribution is -0.0511. The van der Waals surface area contributed by atoms with Gasteiger partial charge in [0.25, 0.3) is 0 Å². The van der Waals surface area contributed by atoms with Gasteiger partial charge in [0.15, 0.2) is 23.2 Å². The van der Waals surface area contributed by atoms with Crippen LogP contribution in [-0.4, -0.2) is 66.0 Å². The van der Waals surface area contributed by atoms with Gasteiger partial charge >= 0.3 is 0 Å². The highest BCUT2D eigenvalue weighted by Crippen LogP contribution is 2.32. The zero-order valence-electron chi connectivity index (χ0n) is 13.2. The topological polar surface area (TPSA) is 126 Å². The molecule has 4 rings (SSSR count). The number of fused-ring (bicyclic) bond motifs is 1. The number of rotatable bonds is 4. The second kappa shape index (κ2) is 6.45. The monoisotopic (exact) mass is 343 g/mol. The molecule has 9 heteroatoms. The fourth-order valence-electron chi connectivity index (χ4n) is 2.93. The highest BCUT2D eigenvalue weighted by Gasteiger charge is 2.44. The molecule has 3 heterocycles. The van der Waals surface area contributed by atoms with Crippen LogP contribution >= 0.6 is 0 Å². The Morgan fingerprint density at radius 2 is 2.16 bits per heavy atom. The van der Waals surface area contributed by atoms with Gasteiger partial charge in [0.2, 0.25) is 0 Å². The van der Waals surface area contributed by atoms with Crippen molar-refractivity contribution in [2.75, 3.05) is 6.61 Å². The lowest BCUT2D eigenvalue weighted by atomic mass is 10.1. The highest BCUT2D eigenvalue weighted by atomic mass is 16.6. The van der Waals surface area contributed by atoms with Crippen LogP contribution in [0.25, 0.3) is 11.2 Å². The fraction of sp³-hybridized carbons (Fsp3) is 0.375. The van der Waals surface area contributed by atoms with Crippen LogP contribution in [0.15, 0.2) is 41.4 Å². The summed E-state index contributed by atoms with van der Waals surface area (Å²) in [5.74, 6) is 0.406. The number of allylic oxidation sites excluding steroid dienone is 4. The maximum Gasteiger partial charge on any atom is 0.183 e. The van der Waals surface area contributed by atoms with Crippen molar-refractivity contribution in [3.63, 3.8) is 0 Å². The molecular formula is C16H17N5O4.